The van der Waals surface area contributed by atoms with Gasteiger partial charge in [-0.1, -0.05) is 65.8 Å². The van der Waals surface area contributed by atoms with Crippen LogP contribution < -0.4 is 5.32 Å². The molecule has 0 spiro atoms. The van der Waals surface area contributed by atoms with E-state index in [0.29, 0.717) is 9.88 Å². The first kappa shape index (κ1) is 19.7. The number of aromatic nitrogens is 1. The molecule has 0 saturated carbocycles. The number of benzene rings is 2. The van der Waals surface area contributed by atoms with E-state index in [9.17, 15) is 9.59 Å². The summed E-state index contributed by atoms with van der Waals surface area (Å²) in [5.41, 5.74) is 4.69. The lowest BCUT2D eigenvalue weighted by atomic mass is 9.98. The van der Waals surface area contributed by atoms with Gasteiger partial charge in [-0.2, -0.15) is 0 Å². The van der Waals surface area contributed by atoms with Gasteiger partial charge in [0.2, 0.25) is 0 Å². The third-order valence-electron chi connectivity index (χ3n) is 4.75. The first-order valence-electron chi connectivity index (χ1n) is 9.29. The molecule has 0 saturated heterocycles. The van der Waals surface area contributed by atoms with Crippen LogP contribution in [0.4, 0.5) is 4.79 Å². The molecule has 7 heteroatoms. The zero-order valence-corrected chi connectivity index (χ0v) is 17.0. The second kappa shape index (κ2) is 8.80. The van der Waals surface area contributed by atoms with Crippen molar-refractivity contribution in [2.45, 2.75) is 5.92 Å². The summed E-state index contributed by atoms with van der Waals surface area (Å²) in [5.74, 6) is 5.17. The minimum Gasteiger partial charge on any atom is -0.465 e. The number of alkyl carbamates (subject to hydrolysis) is 1. The topological polar surface area (TPSA) is 77.5 Å². The Balaban J connectivity index is 1.32. The molecular weight excluding hydrogens is 400 g/mol. The molecule has 1 amide bonds. The second-order valence-electron chi connectivity index (χ2n) is 6.50. The first-order chi connectivity index (χ1) is 14.7. The smallest absolute Gasteiger partial charge is 0.407 e. The molecule has 1 heterocycles. The maximum atomic E-state index is 12.1. The molecule has 0 radical (unpaired) electrons. The molecule has 0 unspecified atom stereocenters. The zero-order valence-electron chi connectivity index (χ0n) is 16.2. The average Bonchev–Trinajstić information content (AvgIpc) is 3.38. The Morgan fingerprint density at radius 3 is 2.43 bits per heavy atom. The van der Waals surface area contributed by atoms with Gasteiger partial charge in [0.1, 0.15) is 11.5 Å². The molecule has 0 bridgehead atoms. The summed E-state index contributed by atoms with van der Waals surface area (Å²) in [5, 5.41) is 3.09. The Morgan fingerprint density at radius 2 is 1.77 bits per heavy atom. The number of hydrogen-bond donors (Lipinski definition) is 1. The Morgan fingerprint density at radius 1 is 1.10 bits per heavy atom. The van der Waals surface area contributed by atoms with Crippen LogP contribution in [0.15, 0.2) is 54.7 Å². The van der Waals surface area contributed by atoms with Crippen molar-refractivity contribution in [3.63, 3.8) is 0 Å². The van der Waals surface area contributed by atoms with E-state index >= 15 is 0 Å². The zero-order chi connectivity index (χ0) is 20.9. The minimum atomic E-state index is -0.527. The SMILES string of the molecule is COC(=O)c1cnc(C#CCNC(=O)OCC2c3ccccc3-c3ccccc32)s1. The minimum absolute atomic E-state index is 0.0151. The molecule has 3 aromatic rings. The number of hydrogen-bond acceptors (Lipinski definition) is 6. The average molecular weight is 418 g/mol. The van der Waals surface area contributed by atoms with Crippen LogP contribution in [0.3, 0.4) is 0 Å². The molecule has 1 aliphatic rings. The summed E-state index contributed by atoms with van der Waals surface area (Å²) in [6, 6.07) is 16.4. The highest BCUT2D eigenvalue weighted by molar-refractivity contribution is 7.14. The third-order valence-corrected chi connectivity index (χ3v) is 5.65. The van der Waals surface area contributed by atoms with E-state index in [-0.39, 0.29) is 19.1 Å². The van der Waals surface area contributed by atoms with Crippen LogP contribution in [-0.4, -0.2) is 37.3 Å². The number of fused-ring (bicyclic) bond motifs is 3. The van der Waals surface area contributed by atoms with Gasteiger partial charge in [0.05, 0.1) is 19.9 Å². The molecule has 30 heavy (non-hydrogen) atoms. The van der Waals surface area contributed by atoms with Crippen molar-refractivity contribution in [1.29, 1.82) is 0 Å². The number of methoxy groups -OCH3 is 1. The summed E-state index contributed by atoms with van der Waals surface area (Å²) < 4.78 is 10.1. The summed E-state index contributed by atoms with van der Waals surface area (Å²) in [4.78, 5) is 27.9. The van der Waals surface area contributed by atoms with Crippen molar-refractivity contribution in [1.82, 2.24) is 10.3 Å². The van der Waals surface area contributed by atoms with Crippen molar-refractivity contribution in [3.8, 4) is 23.0 Å². The molecule has 0 fully saturated rings. The molecular formula is C23H18N2O4S. The standard InChI is InChI=1S/C23H18N2O4S/c1-28-22(26)20-13-25-21(30-20)11-6-12-24-23(27)29-14-19-17-9-4-2-7-15(17)16-8-3-5-10-18(16)19/h2-5,7-10,13,19H,12,14H2,1H3,(H,24,27). The van der Waals surface area contributed by atoms with Crippen LogP contribution in [0.1, 0.15) is 31.7 Å². The van der Waals surface area contributed by atoms with E-state index in [1.807, 2.05) is 24.3 Å². The lowest BCUT2D eigenvalue weighted by Gasteiger charge is -2.14. The van der Waals surface area contributed by atoms with Crippen LogP contribution in [0, 0.1) is 11.8 Å². The molecule has 0 aliphatic heterocycles. The molecule has 0 atom stereocenters. The van der Waals surface area contributed by atoms with Gasteiger partial charge < -0.3 is 14.8 Å². The fourth-order valence-corrected chi connectivity index (χ4v) is 4.12. The van der Waals surface area contributed by atoms with E-state index in [1.165, 1.54) is 24.4 Å². The number of thiazole rings is 1. The van der Waals surface area contributed by atoms with Crippen molar-refractivity contribution in [2.75, 3.05) is 20.3 Å². The van der Waals surface area contributed by atoms with E-state index in [4.69, 9.17) is 4.74 Å². The van der Waals surface area contributed by atoms with Gasteiger partial charge in [-0.15, -0.1) is 0 Å². The summed E-state index contributed by atoms with van der Waals surface area (Å²) in [6.07, 6.45) is 0.889. The number of carbonyl (C=O) groups is 2. The van der Waals surface area contributed by atoms with Crippen molar-refractivity contribution < 1.29 is 19.1 Å². The van der Waals surface area contributed by atoms with Crippen molar-refractivity contribution in [3.05, 3.63) is 75.7 Å². The first-order valence-corrected chi connectivity index (χ1v) is 10.1. The lowest BCUT2D eigenvalue weighted by molar-refractivity contribution is 0.0606. The maximum absolute atomic E-state index is 12.1. The highest BCUT2D eigenvalue weighted by Gasteiger charge is 2.28. The van der Waals surface area contributed by atoms with Crippen LogP contribution in [0.25, 0.3) is 11.1 Å². The number of esters is 1. The largest absolute Gasteiger partial charge is 0.465 e. The van der Waals surface area contributed by atoms with E-state index in [1.54, 1.807) is 0 Å². The second-order valence-corrected chi connectivity index (χ2v) is 7.53. The third kappa shape index (κ3) is 4.04. The highest BCUT2D eigenvalue weighted by Crippen LogP contribution is 2.44. The summed E-state index contributed by atoms with van der Waals surface area (Å²) in [7, 11) is 1.31. The Hall–Kier alpha value is -3.63. The van der Waals surface area contributed by atoms with Crippen molar-refractivity contribution in [2.24, 2.45) is 0 Å². The quantitative estimate of drug-likeness (QED) is 0.515. The monoisotopic (exact) mass is 418 g/mol. The van der Waals surface area contributed by atoms with E-state index in [0.717, 1.165) is 22.5 Å². The fourth-order valence-electron chi connectivity index (χ4n) is 3.41. The highest BCUT2D eigenvalue weighted by atomic mass is 32.1. The van der Waals surface area contributed by atoms with Crippen LogP contribution >= 0.6 is 11.3 Å². The Labute approximate surface area is 177 Å². The number of amides is 1. The molecule has 1 aromatic heterocycles. The molecule has 150 valence electrons. The van der Waals surface area contributed by atoms with Gasteiger partial charge in [0.15, 0.2) is 5.01 Å². The van der Waals surface area contributed by atoms with Crippen LogP contribution in [0.5, 0.6) is 0 Å². The van der Waals surface area contributed by atoms with Crippen molar-refractivity contribution >= 4 is 23.4 Å². The summed E-state index contributed by atoms with van der Waals surface area (Å²) >= 11 is 1.14. The molecule has 2 aromatic carbocycles. The number of nitrogens with one attached hydrogen (secondary N) is 1. The number of ether oxygens (including phenoxy) is 2. The molecule has 1 aliphatic carbocycles. The van der Waals surface area contributed by atoms with Gasteiger partial charge in [-0.05, 0) is 28.2 Å². The van der Waals surface area contributed by atoms with Gasteiger partial charge in [-0.25, -0.2) is 14.6 Å². The Kier molecular flexibility index (Phi) is 5.77. The van der Waals surface area contributed by atoms with Gasteiger partial charge in [0.25, 0.3) is 0 Å². The summed E-state index contributed by atoms with van der Waals surface area (Å²) in [6.45, 7) is 0.367. The Bertz CT molecular complexity index is 1110. The predicted molar refractivity (Wildman–Crippen MR) is 113 cm³/mol. The van der Waals surface area contributed by atoms with Gasteiger partial charge >= 0.3 is 12.1 Å². The van der Waals surface area contributed by atoms with Crippen LogP contribution in [-0.2, 0) is 9.47 Å². The van der Waals surface area contributed by atoms with Crippen LogP contribution in [0.2, 0.25) is 0 Å². The lowest BCUT2D eigenvalue weighted by Crippen LogP contribution is -2.26. The van der Waals surface area contributed by atoms with E-state index in [2.05, 4.69) is 51.1 Å². The molecule has 4 rings (SSSR count). The fraction of sp³-hybridized carbons (Fsp3) is 0.174. The number of carbonyl (C=O) groups excluding carboxylic acids is 2. The normalized spacial score (nSPS) is 11.6. The van der Waals surface area contributed by atoms with Gasteiger partial charge in [-0.3, -0.25) is 0 Å². The molecule has 6 nitrogen and oxygen atoms in total. The predicted octanol–water partition coefficient (Wildman–Crippen LogP) is 3.82. The molecule has 1 N–H and O–H groups in total. The van der Waals surface area contributed by atoms with E-state index < -0.39 is 12.1 Å². The number of nitrogens with zero attached hydrogens (tertiary/aromatic N) is 1. The van der Waals surface area contributed by atoms with Gasteiger partial charge in [0, 0.05) is 5.92 Å². The maximum Gasteiger partial charge on any atom is 0.407 e. The number of rotatable bonds is 4.